The lowest BCUT2D eigenvalue weighted by Crippen LogP contribution is -2.52. The van der Waals surface area contributed by atoms with Crippen LogP contribution < -0.4 is 5.32 Å². The van der Waals surface area contributed by atoms with Crippen LogP contribution in [0.5, 0.6) is 0 Å². The standard InChI is InChI=1S/C17H23N3O3/c1-8-20(5,6)12(3)16(21)19-15-11(2)9-13(18-4)10-14(15)17(22)23-7/h9-10,12H,8H2,1-3,5-7H3/p+1. The van der Waals surface area contributed by atoms with Gasteiger partial charge in [0.15, 0.2) is 11.7 Å². The number of quaternary nitrogens is 1. The number of anilines is 1. The zero-order valence-electron chi connectivity index (χ0n) is 14.6. The maximum atomic E-state index is 12.5. The molecule has 1 rings (SSSR count). The van der Waals surface area contributed by atoms with E-state index in [-0.39, 0.29) is 17.5 Å². The summed E-state index contributed by atoms with van der Waals surface area (Å²) in [5.41, 5.74) is 1.58. The van der Waals surface area contributed by atoms with Gasteiger partial charge in [-0.25, -0.2) is 9.64 Å². The molecule has 1 atom stereocenters. The van der Waals surface area contributed by atoms with E-state index in [1.165, 1.54) is 13.2 Å². The smallest absolute Gasteiger partial charge is 0.338 e. The Morgan fingerprint density at radius 1 is 1.39 bits per heavy atom. The Morgan fingerprint density at radius 2 is 2.00 bits per heavy atom. The first-order valence-corrected chi connectivity index (χ1v) is 7.41. The molecule has 0 fully saturated rings. The molecule has 6 heteroatoms. The lowest BCUT2D eigenvalue weighted by Gasteiger charge is -2.34. The summed E-state index contributed by atoms with van der Waals surface area (Å²) in [7, 11) is 5.22. The van der Waals surface area contributed by atoms with Crippen LogP contribution in [0.3, 0.4) is 0 Å². The molecule has 0 spiro atoms. The first kappa shape index (κ1) is 18.7. The van der Waals surface area contributed by atoms with Crippen LogP contribution in [0.15, 0.2) is 12.1 Å². The van der Waals surface area contributed by atoms with Crippen LogP contribution in [-0.4, -0.2) is 50.2 Å². The fourth-order valence-corrected chi connectivity index (χ4v) is 2.09. The third-order valence-electron chi connectivity index (χ3n) is 4.35. The molecule has 1 aromatic rings. The van der Waals surface area contributed by atoms with Crippen LogP contribution in [-0.2, 0) is 9.53 Å². The van der Waals surface area contributed by atoms with Crippen molar-refractivity contribution in [1.82, 2.24) is 0 Å². The number of carbonyl (C=O) groups is 2. The van der Waals surface area contributed by atoms with E-state index >= 15 is 0 Å². The molecule has 23 heavy (non-hydrogen) atoms. The largest absolute Gasteiger partial charge is 0.465 e. The topological polar surface area (TPSA) is 59.8 Å². The van der Waals surface area contributed by atoms with Crippen LogP contribution in [0.4, 0.5) is 11.4 Å². The minimum absolute atomic E-state index is 0.180. The van der Waals surface area contributed by atoms with Crippen molar-refractivity contribution in [1.29, 1.82) is 0 Å². The minimum atomic E-state index is -0.578. The van der Waals surface area contributed by atoms with Crippen molar-refractivity contribution in [3.8, 4) is 0 Å². The Hall–Kier alpha value is -2.39. The Bertz CT molecular complexity index is 660. The average molecular weight is 318 g/mol. The molecule has 1 unspecified atom stereocenters. The molecule has 0 aromatic heterocycles. The number of ether oxygens (including phenoxy) is 1. The van der Waals surface area contributed by atoms with Crippen LogP contribution in [0, 0.1) is 13.5 Å². The highest BCUT2D eigenvalue weighted by Crippen LogP contribution is 2.28. The second kappa shape index (κ2) is 7.25. The molecule has 124 valence electrons. The predicted molar refractivity (Wildman–Crippen MR) is 89.5 cm³/mol. The molecule has 0 aliphatic heterocycles. The molecule has 0 aliphatic rings. The monoisotopic (exact) mass is 318 g/mol. The molecule has 0 aliphatic carbocycles. The van der Waals surface area contributed by atoms with E-state index in [4.69, 9.17) is 11.3 Å². The number of nitrogens with one attached hydrogen (secondary N) is 1. The second-order valence-electron chi connectivity index (χ2n) is 6.05. The van der Waals surface area contributed by atoms with Gasteiger partial charge in [-0.15, -0.1) is 0 Å². The van der Waals surface area contributed by atoms with Gasteiger partial charge >= 0.3 is 5.97 Å². The number of likely N-dealkylation sites (N-methyl/N-ethyl adjacent to an activating group) is 1. The summed E-state index contributed by atoms with van der Waals surface area (Å²) >= 11 is 0. The van der Waals surface area contributed by atoms with Gasteiger partial charge in [-0.2, -0.15) is 0 Å². The van der Waals surface area contributed by atoms with E-state index in [9.17, 15) is 9.59 Å². The first-order valence-electron chi connectivity index (χ1n) is 7.41. The van der Waals surface area contributed by atoms with Crippen molar-refractivity contribution in [2.75, 3.05) is 33.1 Å². The highest BCUT2D eigenvalue weighted by atomic mass is 16.5. The third kappa shape index (κ3) is 4.08. The van der Waals surface area contributed by atoms with Gasteiger partial charge in [-0.3, -0.25) is 4.79 Å². The molecule has 1 N–H and O–H groups in total. The summed E-state index contributed by atoms with van der Waals surface area (Å²) in [5.74, 6) is -0.758. The molecule has 0 heterocycles. The molecule has 1 amide bonds. The summed E-state index contributed by atoms with van der Waals surface area (Å²) in [6.07, 6.45) is 0. The molecule has 0 bridgehead atoms. The Labute approximate surface area is 137 Å². The second-order valence-corrected chi connectivity index (χ2v) is 6.05. The van der Waals surface area contributed by atoms with Crippen LogP contribution >= 0.6 is 0 Å². The quantitative estimate of drug-likeness (QED) is 0.516. The zero-order valence-corrected chi connectivity index (χ0v) is 14.6. The number of aryl methyl sites for hydroxylation is 1. The number of nitrogens with zero attached hydrogens (tertiary/aromatic N) is 2. The fourth-order valence-electron chi connectivity index (χ4n) is 2.09. The third-order valence-corrected chi connectivity index (χ3v) is 4.35. The molecule has 1 aromatic carbocycles. The first-order chi connectivity index (χ1) is 10.7. The number of carbonyl (C=O) groups excluding carboxylic acids is 2. The van der Waals surface area contributed by atoms with Crippen molar-refractivity contribution in [2.45, 2.75) is 26.8 Å². The maximum absolute atomic E-state index is 12.5. The van der Waals surface area contributed by atoms with E-state index in [1.807, 2.05) is 27.9 Å². The van der Waals surface area contributed by atoms with Gasteiger partial charge in [-0.05, 0) is 32.4 Å². The fraction of sp³-hybridized carbons (Fsp3) is 0.471. The van der Waals surface area contributed by atoms with Gasteiger partial charge in [0.1, 0.15) is 0 Å². The highest BCUT2D eigenvalue weighted by molar-refractivity contribution is 6.04. The van der Waals surface area contributed by atoms with Crippen molar-refractivity contribution in [3.63, 3.8) is 0 Å². The highest BCUT2D eigenvalue weighted by Gasteiger charge is 2.30. The summed E-state index contributed by atoms with van der Waals surface area (Å²) < 4.78 is 5.29. The minimum Gasteiger partial charge on any atom is -0.465 e. The lowest BCUT2D eigenvalue weighted by molar-refractivity contribution is -0.902. The van der Waals surface area contributed by atoms with E-state index in [0.717, 1.165) is 6.54 Å². The summed E-state index contributed by atoms with van der Waals surface area (Å²) in [6.45, 7) is 13.5. The van der Waals surface area contributed by atoms with Gasteiger partial charge in [0.05, 0.1) is 45.6 Å². The van der Waals surface area contributed by atoms with Crippen LogP contribution in [0.2, 0.25) is 0 Å². The number of esters is 1. The lowest BCUT2D eigenvalue weighted by atomic mass is 10.1. The van der Waals surface area contributed by atoms with E-state index in [1.54, 1.807) is 13.0 Å². The molecule has 6 nitrogen and oxygen atoms in total. The van der Waals surface area contributed by atoms with Crippen molar-refractivity contribution in [2.24, 2.45) is 0 Å². The van der Waals surface area contributed by atoms with Gasteiger partial charge in [-0.1, -0.05) is 6.07 Å². The molecular formula is C17H24N3O3+. The molecule has 0 radical (unpaired) electrons. The number of amides is 1. The Kier molecular flexibility index (Phi) is 5.88. The van der Waals surface area contributed by atoms with Gasteiger partial charge < -0.3 is 14.5 Å². The predicted octanol–water partition coefficient (Wildman–Crippen LogP) is 2.76. The van der Waals surface area contributed by atoms with Crippen molar-refractivity contribution in [3.05, 3.63) is 34.7 Å². The summed E-state index contributed by atoms with van der Waals surface area (Å²) in [5, 5.41) is 2.83. The van der Waals surface area contributed by atoms with Gasteiger partial charge in [0.25, 0.3) is 5.91 Å². The Morgan fingerprint density at radius 3 is 2.48 bits per heavy atom. The van der Waals surface area contributed by atoms with E-state index in [0.29, 0.717) is 21.4 Å². The molecular weight excluding hydrogens is 294 g/mol. The zero-order chi connectivity index (χ0) is 17.8. The average Bonchev–Trinajstić information content (AvgIpc) is 2.54. The number of methoxy groups -OCH3 is 1. The molecule has 0 saturated heterocycles. The maximum Gasteiger partial charge on any atom is 0.338 e. The van der Waals surface area contributed by atoms with Crippen LogP contribution in [0.1, 0.15) is 29.8 Å². The molecule has 0 saturated carbocycles. The summed E-state index contributed by atoms with van der Waals surface area (Å²) in [4.78, 5) is 27.9. The normalized spacial score (nSPS) is 12.2. The number of rotatable bonds is 5. The Balaban J connectivity index is 3.25. The number of hydrogen-bond acceptors (Lipinski definition) is 3. The van der Waals surface area contributed by atoms with Crippen LogP contribution in [0.25, 0.3) is 4.85 Å². The van der Waals surface area contributed by atoms with Gasteiger partial charge in [0, 0.05) is 0 Å². The van der Waals surface area contributed by atoms with E-state index in [2.05, 4.69) is 10.2 Å². The van der Waals surface area contributed by atoms with Gasteiger partial charge in [0.2, 0.25) is 0 Å². The number of benzene rings is 1. The van der Waals surface area contributed by atoms with E-state index < -0.39 is 5.97 Å². The summed E-state index contributed by atoms with van der Waals surface area (Å²) in [6, 6.07) is 2.79. The SMILES string of the molecule is [C-]#[N+]c1cc(C)c(NC(=O)C(C)[N+](C)(C)CC)c(C(=O)OC)c1. The number of hydrogen-bond donors (Lipinski definition) is 1. The van der Waals surface area contributed by atoms with Crippen molar-refractivity contribution >= 4 is 23.3 Å². The van der Waals surface area contributed by atoms with Crippen molar-refractivity contribution < 1.29 is 18.8 Å².